The molecule has 1 atom stereocenters. The average molecular weight is 411 g/mol. The van der Waals surface area contributed by atoms with Crippen molar-refractivity contribution in [1.29, 1.82) is 0 Å². The molecular formula is C23H30N4O3. The average Bonchev–Trinajstić information content (AvgIpc) is 3.21. The minimum absolute atomic E-state index is 0.0254. The van der Waals surface area contributed by atoms with Gasteiger partial charge in [-0.2, -0.15) is 5.10 Å². The Hall–Kier alpha value is -2.67. The summed E-state index contributed by atoms with van der Waals surface area (Å²) in [4.78, 5) is 27.7. The highest BCUT2D eigenvalue weighted by Gasteiger charge is 2.32. The van der Waals surface area contributed by atoms with E-state index >= 15 is 0 Å². The zero-order valence-corrected chi connectivity index (χ0v) is 17.8. The molecule has 4 rings (SSSR count). The van der Waals surface area contributed by atoms with Crippen LogP contribution in [0, 0.1) is 5.92 Å². The second-order valence-electron chi connectivity index (χ2n) is 8.69. The molecular weight excluding hydrogens is 380 g/mol. The van der Waals surface area contributed by atoms with Gasteiger partial charge in [0.2, 0.25) is 5.91 Å². The van der Waals surface area contributed by atoms with Crippen LogP contribution in [0.1, 0.15) is 41.9 Å². The van der Waals surface area contributed by atoms with Gasteiger partial charge in [0.05, 0.1) is 36.1 Å². The lowest BCUT2D eigenvalue weighted by Crippen LogP contribution is -2.43. The van der Waals surface area contributed by atoms with Gasteiger partial charge in [0.1, 0.15) is 0 Å². The largest absolute Gasteiger partial charge is 0.378 e. The van der Waals surface area contributed by atoms with Crippen LogP contribution in [0.25, 0.3) is 0 Å². The standard InChI is InChI=1S/C23H30N4O3/c1-23(2,18-6-4-3-5-7-18)22(29)24-15-17-8-9-27-20(14-17)19(16-25-27)21(28)26-10-12-30-13-11-26/h3-7,16-17H,8-15H2,1-2H3,(H,24,29)/t17-/m0/s1. The van der Waals surface area contributed by atoms with Gasteiger partial charge in [0, 0.05) is 26.2 Å². The van der Waals surface area contributed by atoms with Crippen molar-refractivity contribution in [2.24, 2.45) is 5.92 Å². The van der Waals surface area contributed by atoms with Gasteiger partial charge in [-0.1, -0.05) is 30.3 Å². The fraction of sp³-hybridized carbons (Fsp3) is 0.522. The zero-order chi connectivity index (χ0) is 21.1. The van der Waals surface area contributed by atoms with Crippen molar-refractivity contribution in [1.82, 2.24) is 20.0 Å². The number of nitrogens with one attached hydrogen (secondary N) is 1. The fourth-order valence-electron chi connectivity index (χ4n) is 4.23. The number of nitrogens with zero attached hydrogens (tertiary/aromatic N) is 3. The van der Waals surface area contributed by atoms with Crippen LogP contribution >= 0.6 is 0 Å². The molecule has 2 aliphatic heterocycles. The summed E-state index contributed by atoms with van der Waals surface area (Å²) >= 11 is 0. The molecule has 160 valence electrons. The summed E-state index contributed by atoms with van der Waals surface area (Å²) < 4.78 is 7.30. The molecule has 2 aliphatic rings. The number of aryl methyl sites for hydroxylation is 1. The van der Waals surface area contributed by atoms with Crippen LogP contribution < -0.4 is 5.32 Å². The van der Waals surface area contributed by atoms with E-state index in [1.54, 1.807) is 6.20 Å². The maximum atomic E-state index is 12.9. The Labute approximate surface area is 177 Å². The van der Waals surface area contributed by atoms with Crippen molar-refractivity contribution in [3.05, 3.63) is 53.3 Å². The molecule has 0 bridgehead atoms. The van der Waals surface area contributed by atoms with E-state index in [1.165, 1.54) is 0 Å². The maximum Gasteiger partial charge on any atom is 0.257 e. The zero-order valence-electron chi connectivity index (χ0n) is 17.8. The van der Waals surface area contributed by atoms with Crippen LogP contribution in [0.2, 0.25) is 0 Å². The summed E-state index contributed by atoms with van der Waals surface area (Å²) in [6.45, 7) is 7.69. The van der Waals surface area contributed by atoms with Gasteiger partial charge >= 0.3 is 0 Å². The molecule has 2 aromatic rings. The Morgan fingerprint density at radius 1 is 1.17 bits per heavy atom. The van der Waals surface area contributed by atoms with E-state index in [9.17, 15) is 9.59 Å². The van der Waals surface area contributed by atoms with E-state index in [4.69, 9.17) is 4.74 Å². The summed E-state index contributed by atoms with van der Waals surface area (Å²) in [6, 6.07) is 9.85. The van der Waals surface area contributed by atoms with Crippen molar-refractivity contribution in [3.63, 3.8) is 0 Å². The number of carbonyl (C=O) groups is 2. The number of benzene rings is 1. The number of aromatic nitrogens is 2. The summed E-state index contributed by atoms with van der Waals surface area (Å²) in [7, 11) is 0. The molecule has 1 saturated heterocycles. The van der Waals surface area contributed by atoms with Gasteiger partial charge in [0.15, 0.2) is 0 Å². The van der Waals surface area contributed by atoms with Gasteiger partial charge in [-0.3, -0.25) is 14.3 Å². The Balaban J connectivity index is 1.39. The summed E-state index contributed by atoms with van der Waals surface area (Å²) in [5.41, 5.74) is 2.09. The van der Waals surface area contributed by atoms with E-state index in [1.807, 2.05) is 53.8 Å². The van der Waals surface area contributed by atoms with E-state index < -0.39 is 5.41 Å². The molecule has 0 unspecified atom stereocenters. The summed E-state index contributed by atoms with van der Waals surface area (Å²) in [5.74, 6) is 0.354. The molecule has 30 heavy (non-hydrogen) atoms. The molecule has 1 aromatic carbocycles. The molecule has 1 aromatic heterocycles. The Morgan fingerprint density at radius 2 is 1.90 bits per heavy atom. The predicted molar refractivity (Wildman–Crippen MR) is 113 cm³/mol. The molecule has 7 heteroatoms. The first-order valence-corrected chi connectivity index (χ1v) is 10.7. The van der Waals surface area contributed by atoms with Gasteiger partial charge in [-0.15, -0.1) is 0 Å². The van der Waals surface area contributed by atoms with Crippen LogP contribution in [0.5, 0.6) is 0 Å². The number of amides is 2. The number of hydrogen-bond acceptors (Lipinski definition) is 4. The van der Waals surface area contributed by atoms with Crippen molar-refractivity contribution in [3.8, 4) is 0 Å². The normalized spacial score (nSPS) is 19.3. The number of morpholine rings is 1. The van der Waals surface area contributed by atoms with E-state index in [-0.39, 0.29) is 11.8 Å². The van der Waals surface area contributed by atoms with Gasteiger partial charge < -0.3 is 15.0 Å². The minimum Gasteiger partial charge on any atom is -0.378 e. The Bertz CT molecular complexity index is 900. The van der Waals surface area contributed by atoms with Crippen LogP contribution in [0.15, 0.2) is 36.5 Å². The van der Waals surface area contributed by atoms with Gasteiger partial charge in [-0.05, 0) is 38.2 Å². The fourth-order valence-corrected chi connectivity index (χ4v) is 4.23. The third-order valence-electron chi connectivity index (χ3n) is 6.32. The van der Waals surface area contributed by atoms with Gasteiger partial charge in [-0.25, -0.2) is 0 Å². The Kier molecular flexibility index (Phi) is 5.90. The number of fused-ring (bicyclic) bond motifs is 1. The van der Waals surface area contributed by atoms with Gasteiger partial charge in [0.25, 0.3) is 5.91 Å². The van der Waals surface area contributed by atoms with Crippen LogP contribution in [0.4, 0.5) is 0 Å². The van der Waals surface area contributed by atoms with E-state index in [0.717, 1.165) is 30.6 Å². The maximum absolute atomic E-state index is 12.9. The van der Waals surface area contributed by atoms with Crippen molar-refractivity contribution < 1.29 is 14.3 Å². The number of ether oxygens (including phenoxy) is 1. The van der Waals surface area contributed by atoms with Crippen molar-refractivity contribution in [2.45, 2.75) is 38.6 Å². The smallest absolute Gasteiger partial charge is 0.257 e. The first kappa shape index (κ1) is 20.6. The molecule has 0 saturated carbocycles. The number of hydrogen-bond donors (Lipinski definition) is 1. The van der Waals surface area contributed by atoms with Crippen LogP contribution in [-0.4, -0.2) is 59.3 Å². The molecule has 1 N–H and O–H groups in total. The van der Waals surface area contributed by atoms with Crippen molar-refractivity contribution >= 4 is 11.8 Å². The minimum atomic E-state index is -0.588. The summed E-state index contributed by atoms with van der Waals surface area (Å²) in [5, 5.41) is 7.58. The van der Waals surface area contributed by atoms with E-state index in [2.05, 4.69) is 10.4 Å². The number of carbonyl (C=O) groups excluding carboxylic acids is 2. The highest BCUT2D eigenvalue weighted by atomic mass is 16.5. The van der Waals surface area contributed by atoms with Crippen LogP contribution in [0.3, 0.4) is 0 Å². The lowest BCUT2D eigenvalue weighted by Gasteiger charge is -2.29. The SMILES string of the molecule is CC(C)(C(=O)NC[C@H]1CCn2ncc(C(=O)N3CCOCC3)c2C1)c1ccccc1. The highest BCUT2D eigenvalue weighted by molar-refractivity contribution is 5.95. The first-order chi connectivity index (χ1) is 14.5. The Morgan fingerprint density at radius 3 is 2.63 bits per heavy atom. The molecule has 3 heterocycles. The first-order valence-electron chi connectivity index (χ1n) is 10.7. The third kappa shape index (κ3) is 4.12. The molecule has 1 fully saturated rings. The van der Waals surface area contributed by atoms with Crippen LogP contribution in [-0.2, 0) is 27.9 Å². The molecule has 0 radical (unpaired) electrons. The topological polar surface area (TPSA) is 76.5 Å². The third-order valence-corrected chi connectivity index (χ3v) is 6.32. The second-order valence-corrected chi connectivity index (χ2v) is 8.69. The quantitative estimate of drug-likeness (QED) is 0.818. The summed E-state index contributed by atoms with van der Waals surface area (Å²) in [6.07, 6.45) is 3.38. The second kappa shape index (κ2) is 8.60. The molecule has 7 nitrogen and oxygen atoms in total. The molecule has 2 amide bonds. The molecule has 0 aliphatic carbocycles. The molecule has 0 spiro atoms. The highest BCUT2D eigenvalue weighted by Crippen LogP contribution is 2.26. The van der Waals surface area contributed by atoms with Crippen molar-refractivity contribution in [2.75, 3.05) is 32.8 Å². The number of rotatable bonds is 5. The van der Waals surface area contributed by atoms with E-state index in [0.29, 0.717) is 44.3 Å². The lowest BCUT2D eigenvalue weighted by molar-refractivity contribution is -0.125. The lowest BCUT2D eigenvalue weighted by atomic mass is 9.83. The predicted octanol–water partition coefficient (Wildman–Crippen LogP) is 2.01. The monoisotopic (exact) mass is 410 g/mol.